The molecule has 0 aliphatic rings. The van der Waals surface area contributed by atoms with Crippen molar-refractivity contribution < 1.29 is 19.1 Å². The zero-order valence-electron chi connectivity index (χ0n) is 12.8. The van der Waals surface area contributed by atoms with Crippen molar-refractivity contribution in [2.45, 2.75) is 13.8 Å². The first kappa shape index (κ1) is 16.2. The number of hydrogen-bond donors (Lipinski definition) is 2. The molecule has 0 fully saturated rings. The standard InChI is InChI=1S/C17H16N2O4/c1-11(20)18-13-6-5-7-14(10-13)19-17(22)15-8-3-4-9-16(15)23-12(2)21/h3-10H,1-2H3,(H,18,20)(H,19,22). The molecule has 0 aliphatic heterocycles. The van der Waals surface area contributed by atoms with Gasteiger partial charge in [-0.05, 0) is 30.3 Å². The molecule has 2 rings (SSSR count). The van der Waals surface area contributed by atoms with Gasteiger partial charge >= 0.3 is 5.97 Å². The second-order valence-electron chi connectivity index (χ2n) is 4.81. The van der Waals surface area contributed by atoms with E-state index in [4.69, 9.17) is 4.74 Å². The van der Waals surface area contributed by atoms with Crippen LogP contribution in [0.15, 0.2) is 48.5 Å². The average Bonchev–Trinajstić information content (AvgIpc) is 2.46. The van der Waals surface area contributed by atoms with E-state index in [2.05, 4.69) is 10.6 Å². The lowest BCUT2D eigenvalue weighted by Crippen LogP contribution is -2.15. The molecule has 118 valence electrons. The molecule has 0 aromatic heterocycles. The third-order valence-corrected chi connectivity index (χ3v) is 2.83. The molecule has 0 unspecified atom stereocenters. The Morgan fingerprint density at radius 3 is 2.17 bits per heavy atom. The molecule has 0 saturated carbocycles. The number of nitrogens with one attached hydrogen (secondary N) is 2. The molecule has 2 amide bonds. The Labute approximate surface area is 133 Å². The van der Waals surface area contributed by atoms with Gasteiger partial charge in [-0.15, -0.1) is 0 Å². The highest BCUT2D eigenvalue weighted by Gasteiger charge is 2.13. The molecule has 0 spiro atoms. The number of para-hydroxylation sites is 1. The van der Waals surface area contributed by atoms with Gasteiger partial charge in [0.15, 0.2) is 0 Å². The van der Waals surface area contributed by atoms with E-state index < -0.39 is 11.9 Å². The molecular weight excluding hydrogens is 296 g/mol. The largest absolute Gasteiger partial charge is 0.426 e. The summed E-state index contributed by atoms with van der Waals surface area (Å²) in [6.07, 6.45) is 0. The van der Waals surface area contributed by atoms with E-state index in [1.54, 1.807) is 48.5 Å². The van der Waals surface area contributed by atoms with Crippen LogP contribution in [0.5, 0.6) is 5.75 Å². The first-order valence-electron chi connectivity index (χ1n) is 6.92. The normalized spacial score (nSPS) is 9.83. The van der Waals surface area contributed by atoms with Crippen molar-refractivity contribution in [3.8, 4) is 5.75 Å². The Morgan fingerprint density at radius 1 is 0.870 bits per heavy atom. The van der Waals surface area contributed by atoms with Gasteiger partial charge < -0.3 is 15.4 Å². The van der Waals surface area contributed by atoms with Crippen molar-refractivity contribution in [1.82, 2.24) is 0 Å². The van der Waals surface area contributed by atoms with Gasteiger partial charge in [-0.1, -0.05) is 18.2 Å². The number of hydrogen-bond acceptors (Lipinski definition) is 4. The van der Waals surface area contributed by atoms with Crippen LogP contribution in [0, 0.1) is 0 Å². The fourth-order valence-corrected chi connectivity index (χ4v) is 1.97. The summed E-state index contributed by atoms with van der Waals surface area (Å²) < 4.78 is 5.02. The van der Waals surface area contributed by atoms with Crippen molar-refractivity contribution in [2.24, 2.45) is 0 Å². The van der Waals surface area contributed by atoms with Gasteiger partial charge in [0, 0.05) is 25.2 Å². The van der Waals surface area contributed by atoms with E-state index in [1.807, 2.05) is 0 Å². The second-order valence-corrected chi connectivity index (χ2v) is 4.81. The van der Waals surface area contributed by atoms with Gasteiger partial charge in [0.2, 0.25) is 5.91 Å². The second kappa shape index (κ2) is 7.22. The molecule has 2 aromatic rings. The molecule has 0 aliphatic carbocycles. The summed E-state index contributed by atoms with van der Waals surface area (Å²) in [5, 5.41) is 5.34. The monoisotopic (exact) mass is 312 g/mol. The number of carbonyl (C=O) groups excluding carboxylic acids is 3. The molecule has 2 aromatic carbocycles. The lowest BCUT2D eigenvalue weighted by Gasteiger charge is -2.10. The predicted octanol–water partition coefficient (Wildman–Crippen LogP) is 2.82. The van der Waals surface area contributed by atoms with Crippen LogP contribution in [0.2, 0.25) is 0 Å². The Balaban J connectivity index is 2.19. The minimum Gasteiger partial charge on any atom is -0.426 e. The van der Waals surface area contributed by atoms with Gasteiger partial charge in [0.25, 0.3) is 5.91 Å². The zero-order valence-corrected chi connectivity index (χ0v) is 12.8. The van der Waals surface area contributed by atoms with Crippen LogP contribution in [0.3, 0.4) is 0 Å². The molecule has 23 heavy (non-hydrogen) atoms. The minimum absolute atomic E-state index is 0.190. The number of ether oxygens (including phenoxy) is 1. The molecule has 0 heterocycles. The van der Waals surface area contributed by atoms with Crippen LogP contribution in [0.1, 0.15) is 24.2 Å². The Morgan fingerprint density at radius 2 is 1.52 bits per heavy atom. The van der Waals surface area contributed by atoms with Crippen LogP contribution in [-0.4, -0.2) is 17.8 Å². The highest BCUT2D eigenvalue weighted by Crippen LogP contribution is 2.21. The lowest BCUT2D eigenvalue weighted by atomic mass is 10.1. The first-order valence-corrected chi connectivity index (χ1v) is 6.92. The maximum absolute atomic E-state index is 12.4. The van der Waals surface area contributed by atoms with Gasteiger partial charge in [-0.3, -0.25) is 14.4 Å². The van der Waals surface area contributed by atoms with Crippen molar-refractivity contribution in [3.63, 3.8) is 0 Å². The summed E-state index contributed by atoms with van der Waals surface area (Å²) in [5.74, 6) is -0.927. The number of benzene rings is 2. The average molecular weight is 312 g/mol. The summed E-state index contributed by atoms with van der Waals surface area (Å²) >= 11 is 0. The van der Waals surface area contributed by atoms with Crippen LogP contribution in [0.25, 0.3) is 0 Å². The van der Waals surface area contributed by atoms with Crippen molar-refractivity contribution in [1.29, 1.82) is 0 Å². The Bertz CT molecular complexity index is 756. The zero-order chi connectivity index (χ0) is 16.8. The molecule has 0 atom stereocenters. The highest BCUT2D eigenvalue weighted by atomic mass is 16.5. The molecule has 0 bridgehead atoms. The predicted molar refractivity (Wildman–Crippen MR) is 86.4 cm³/mol. The minimum atomic E-state index is -0.502. The highest BCUT2D eigenvalue weighted by molar-refractivity contribution is 6.06. The van der Waals surface area contributed by atoms with Crippen molar-refractivity contribution in [2.75, 3.05) is 10.6 Å². The SMILES string of the molecule is CC(=O)Nc1cccc(NC(=O)c2ccccc2OC(C)=O)c1. The summed E-state index contributed by atoms with van der Waals surface area (Å²) in [6, 6.07) is 13.2. The Hall–Kier alpha value is -3.15. The number of rotatable bonds is 4. The van der Waals surface area contributed by atoms with Crippen LogP contribution < -0.4 is 15.4 Å². The van der Waals surface area contributed by atoms with E-state index in [0.717, 1.165) is 0 Å². The molecule has 2 N–H and O–H groups in total. The molecular formula is C17H16N2O4. The first-order chi connectivity index (χ1) is 11.0. The smallest absolute Gasteiger partial charge is 0.308 e. The van der Waals surface area contributed by atoms with Gasteiger partial charge in [0.05, 0.1) is 5.56 Å². The molecule has 0 radical (unpaired) electrons. The van der Waals surface area contributed by atoms with E-state index in [1.165, 1.54) is 13.8 Å². The number of carbonyl (C=O) groups is 3. The topological polar surface area (TPSA) is 84.5 Å². The summed E-state index contributed by atoms with van der Waals surface area (Å²) in [7, 11) is 0. The summed E-state index contributed by atoms with van der Waals surface area (Å²) in [6.45, 7) is 2.67. The van der Waals surface area contributed by atoms with E-state index in [0.29, 0.717) is 11.4 Å². The third kappa shape index (κ3) is 4.67. The summed E-state index contributed by atoms with van der Waals surface area (Å²) in [5.41, 5.74) is 1.33. The number of anilines is 2. The van der Waals surface area contributed by atoms with E-state index >= 15 is 0 Å². The van der Waals surface area contributed by atoms with Crippen molar-refractivity contribution in [3.05, 3.63) is 54.1 Å². The van der Waals surface area contributed by atoms with Crippen LogP contribution in [0.4, 0.5) is 11.4 Å². The number of amides is 2. The maximum atomic E-state index is 12.4. The van der Waals surface area contributed by atoms with Crippen LogP contribution >= 0.6 is 0 Å². The fraction of sp³-hybridized carbons (Fsp3) is 0.118. The fourth-order valence-electron chi connectivity index (χ4n) is 1.97. The van der Waals surface area contributed by atoms with Gasteiger partial charge in [-0.25, -0.2) is 0 Å². The van der Waals surface area contributed by atoms with E-state index in [-0.39, 0.29) is 17.2 Å². The van der Waals surface area contributed by atoms with Gasteiger partial charge in [0.1, 0.15) is 5.75 Å². The van der Waals surface area contributed by atoms with Gasteiger partial charge in [-0.2, -0.15) is 0 Å². The molecule has 6 nitrogen and oxygen atoms in total. The number of esters is 1. The molecule has 0 saturated heterocycles. The summed E-state index contributed by atoms with van der Waals surface area (Å²) in [4.78, 5) is 34.5. The lowest BCUT2D eigenvalue weighted by molar-refractivity contribution is -0.131. The maximum Gasteiger partial charge on any atom is 0.308 e. The molecule has 6 heteroatoms. The third-order valence-electron chi connectivity index (χ3n) is 2.83. The quantitative estimate of drug-likeness (QED) is 0.671. The Kier molecular flexibility index (Phi) is 5.09. The van der Waals surface area contributed by atoms with Crippen molar-refractivity contribution >= 4 is 29.2 Å². The van der Waals surface area contributed by atoms with E-state index in [9.17, 15) is 14.4 Å². The van der Waals surface area contributed by atoms with Crippen LogP contribution in [-0.2, 0) is 9.59 Å².